The van der Waals surface area contributed by atoms with Gasteiger partial charge in [0, 0.05) is 17.1 Å². The van der Waals surface area contributed by atoms with Crippen molar-refractivity contribution < 1.29 is 9.53 Å². The number of hydrogen-bond acceptors (Lipinski definition) is 3. The van der Waals surface area contributed by atoms with Crippen molar-refractivity contribution in [1.82, 2.24) is 0 Å². The molecule has 1 heterocycles. The average Bonchev–Trinajstić information content (AvgIpc) is 2.81. The van der Waals surface area contributed by atoms with Gasteiger partial charge in [-0.25, -0.2) is 0 Å². The van der Waals surface area contributed by atoms with Crippen molar-refractivity contribution >= 4 is 11.5 Å². The SMILES string of the molecule is COC1=C[C@@H]2N=C3C(C)=C(C)C(=O)C(C)=C3[C@@H]2C=C1. The minimum absolute atomic E-state index is 0.0635. The number of carbonyl (C=O) groups excluding carboxylic acids is 1. The monoisotopic (exact) mass is 255 g/mol. The fraction of sp³-hybridized carbons (Fsp3) is 0.375. The molecule has 0 aromatic heterocycles. The Morgan fingerprint density at radius 3 is 2.58 bits per heavy atom. The Morgan fingerprint density at radius 2 is 1.89 bits per heavy atom. The zero-order valence-corrected chi connectivity index (χ0v) is 11.7. The van der Waals surface area contributed by atoms with Gasteiger partial charge in [0.1, 0.15) is 5.76 Å². The number of ketones is 1. The molecule has 3 aliphatic rings. The first-order valence-corrected chi connectivity index (χ1v) is 6.50. The second-order valence-electron chi connectivity index (χ2n) is 5.24. The number of Topliss-reactive ketones (excluding diaryl/α,β-unsaturated/α-hetero) is 1. The maximum absolute atomic E-state index is 12.2. The first-order valence-electron chi connectivity index (χ1n) is 6.50. The van der Waals surface area contributed by atoms with Crippen molar-refractivity contribution in [3.63, 3.8) is 0 Å². The molecule has 0 aromatic rings. The van der Waals surface area contributed by atoms with Gasteiger partial charge < -0.3 is 4.74 Å². The van der Waals surface area contributed by atoms with E-state index in [1.807, 2.05) is 32.9 Å². The normalized spacial score (nSPS) is 29.2. The maximum Gasteiger partial charge on any atom is 0.185 e. The molecule has 2 atom stereocenters. The van der Waals surface area contributed by atoms with Gasteiger partial charge in [0.25, 0.3) is 0 Å². The van der Waals surface area contributed by atoms with Crippen molar-refractivity contribution in [2.75, 3.05) is 7.11 Å². The highest BCUT2D eigenvalue weighted by Crippen LogP contribution is 2.40. The highest BCUT2D eigenvalue weighted by molar-refractivity contribution is 6.27. The van der Waals surface area contributed by atoms with E-state index in [0.29, 0.717) is 0 Å². The van der Waals surface area contributed by atoms with E-state index in [4.69, 9.17) is 9.73 Å². The van der Waals surface area contributed by atoms with Crippen LogP contribution in [0.3, 0.4) is 0 Å². The third-order valence-corrected chi connectivity index (χ3v) is 4.28. The number of fused-ring (bicyclic) bond motifs is 3. The standard InChI is InChI=1S/C16H17NO2/c1-8-9(2)16(18)10(3)14-12-6-5-11(19-4)7-13(12)17-15(8)14/h5-7,12-13H,1-4H3/t12-,13+/m1/s1. The van der Waals surface area contributed by atoms with Crippen LogP contribution in [0.25, 0.3) is 0 Å². The molecule has 98 valence electrons. The van der Waals surface area contributed by atoms with Gasteiger partial charge in [-0.2, -0.15) is 0 Å². The van der Waals surface area contributed by atoms with Crippen LogP contribution in [0.15, 0.2) is 51.3 Å². The summed E-state index contributed by atoms with van der Waals surface area (Å²) in [6.45, 7) is 5.78. The number of aliphatic imine (C=N–C) groups is 1. The third-order valence-electron chi connectivity index (χ3n) is 4.28. The minimum atomic E-state index is 0.0635. The van der Waals surface area contributed by atoms with Crippen LogP contribution in [-0.2, 0) is 9.53 Å². The zero-order chi connectivity index (χ0) is 13.7. The van der Waals surface area contributed by atoms with Crippen molar-refractivity contribution in [3.8, 4) is 0 Å². The summed E-state index contributed by atoms with van der Waals surface area (Å²) < 4.78 is 5.26. The first-order chi connectivity index (χ1) is 9.04. The molecule has 0 amide bonds. The van der Waals surface area contributed by atoms with E-state index in [1.165, 1.54) is 0 Å². The number of carbonyl (C=O) groups is 1. The van der Waals surface area contributed by atoms with Crippen LogP contribution < -0.4 is 0 Å². The first kappa shape index (κ1) is 12.2. The van der Waals surface area contributed by atoms with Crippen molar-refractivity contribution in [1.29, 1.82) is 0 Å². The lowest BCUT2D eigenvalue weighted by Gasteiger charge is -2.23. The molecule has 0 spiro atoms. The maximum atomic E-state index is 12.2. The fourth-order valence-corrected chi connectivity index (χ4v) is 3.01. The lowest BCUT2D eigenvalue weighted by Crippen LogP contribution is -2.23. The van der Waals surface area contributed by atoms with Crippen LogP contribution in [0, 0.1) is 5.92 Å². The summed E-state index contributed by atoms with van der Waals surface area (Å²) in [5, 5.41) is 0. The molecule has 0 radical (unpaired) electrons. The predicted octanol–water partition coefficient (Wildman–Crippen LogP) is 2.76. The molecule has 19 heavy (non-hydrogen) atoms. The van der Waals surface area contributed by atoms with E-state index in [-0.39, 0.29) is 17.7 Å². The molecule has 1 aliphatic heterocycles. The Morgan fingerprint density at radius 1 is 1.16 bits per heavy atom. The highest BCUT2D eigenvalue weighted by Gasteiger charge is 2.39. The summed E-state index contributed by atoms with van der Waals surface area (Å²) in [6.07, 6.45) is 6.09. The summed E-state index contributed by atoms with van der Waals surface area (Å²) >= 11 is 0. The van der Waals surface area contributed by atoms with E-state index < -0.39 is 0 Å². The molecule has 3 heteroatoms. The number of hydrogen-bond donors (Lipinski definition) is 0. The number of ether oxygens (including phenoxy) is 1. The van der Waals surface area contributed by atoms with Gasteiger partial charge in [-0.3, -0.25) is 9.79 Å². The van der Waals surface area contributed by atoms with E-state index in [9.17, 15) is 4.79 Å². The Kier molecular flexibility index (Phi) is 2.59. The second-order valence-corrected chi connectivity index (χ2v) is 5.24. The second kappa shape index (κ2) is 4.05. The molecular formula is C16H17NO2. The molecule has 3 nitrogen and oxygen atoms in total. The summed E-state index contributed by atoms with van der Waals surface area (Å²) in [4.78, 5) is 17.0. The smallest absolute Gasteiger partial charge is 0.185 e. The summed E-state index contributed by atoms with van der Waals surface area (Å²) in [5.74, 6) is 1.18. The van der Waals surface area contributed by atoms with Gasteiger partial charge in [-0.05, 0) is 44.1 Å². The van der Waals surface area contributed by atoms with Crippen LogP contribution in [-0.4, -0.2) is 24.6 Å². The molecule has 0 aromatic carbocycles. The average molecular weight is 255 g/mol. The van der Waals surface area contributed by atoms with Gasteiger partial charge in [0.05, 0.1) is 18.9 Å². The Labute approximate surface area is 113 Å². The van der Waals surface area contributed by atoms with Crippen LogP contribution in [0.2, 0.25) is 0 Å². The molecule has 0 unspecified atom stereocenters. The zero-order valence-electron chi connectivity index (χ0n) is 11.7. The summed E-state index contributed by atoms with van der Waals surface area (Å²) in [5.41, 5.74) is 4.77. The minimum Gasteiger partial charge on any atom is -0.497 e. The summed E-state index contributed by atoms with van der Waals surface area (Å²) in [6, 6.07) is 0.0635. The van der Waals surface area contributed by atoms with Crippen molar-refractivity contribution in [3.05, 3.63) is 46.3 Å². The molecule has 0 N–H and O–H groups in total. The van der Waals surface area contributed by atoms with Crippen LogP contribution >= 0.6 is 0 Å². The Hall–Kier alpha value is -1.90. The molecule has 0 bridgehead atoms. The topological polar surface area (TPSA) is 38.7 Å². The van der Waals surface area contributed by atoms with Crippen molar-refractivity contribution in [2.45, 2.75) is 26.8 Å². The molecule has 0 fully saturated rings. The highest BCUT2D eigenvalue weighted by atomic mass is 16.5. The van der Waals surface area contributed by atoms with Gasteiger partial charge in [0.15, 0.2) is 5.78 Å². The van der Waals surface area contributed by atoms with Gasteiger partial charge >= 0.3 is 0 Å². The summed E-state index contributed by atoms with van der Waals surface area (Å²) in [7, 11) is 1.66. The lowest BCUT2D eigenvalue weighted by molar-refractivity contribution is -0.112. The molecular weight excluding hydrogens is 238 g/mol. The van der Waals surface area contributed by atoms with Crippen LogP contribution in [0.5, 0.6) is 0 Å². The van der Waals surface area contributed by atoms with Crippen molar-refractivity contribution in [2.24, 2.45) is 10.9 Å². The number of allylic oxidation sites excluding steroid dienone is 4. The number of rotatable bonds is 1. The fourth-order valence-electron chi connectivity index (χ4n) is 3.01. The van der Waals surface area contributed by atoms with E-state index in [1.54, 1.807) is 7.11 Å². The predicted molar refractivity (Wildman–Crippen MR) is 75.0 cm³/mol. The van der Waals surface area contributed by atoms with E-state index in [0.717, 1.165) is 33.8 Å². The Bertz CT molecular complexity index is 629. The molecule has 3 rings (SSSR count). The van der Waals surface area contributed by atoms with Gasteiger partial charge in [-0.1, -0.05) is 6.08 Å². The lowest BCUT2D eigenvalue weighted by atomic mass is 9.79. The third kappa shape index (κ3) is 1.57. The van der Waals surface area contributed by atoms with E-state index >= 15 is 0 Å². The van der Waals surface area contributed by atoms with Gasteiger partial charge in [0.2, 0.25) is 0 Å². The number of methoxy groups -OCH3 is 1. The molecule has 0 saturated carbocycles. The quantitative estimate of drug-likeness (QED) is 0.676. The van der Waals surface area contributed by atoms with Crippen LogP contribution in [0.4, 0.5) is 0 Å². The van der Waals surface area contributed by atoms with Gasteiger partial charge in [-0.15, -0.1) is 0 Å². The van der Waals surface area contributed by atoms with E-state index in [2.05, 4.69) is 6.08 Å². The number of nitrogens with zero attached hydrogens (tertiary/aromatic N) is 1. The Balaban J connectivity index is 2.14. The molecule has 2 aliphatic carbocycles. The van der Waals surface area contributed by atoms with Crippen LogP contribution in [0.1, 0.15) is 20.8 Å². The molecule has 0 saturated heterocycles. The largest absolute Gasteiger partial charge is 0.497 e.